The lowest BCUT2D eigenvalue weighted by molar-refractivity contribution is -0.130. The molecule has 3 nitrogen and oxygen atoms in total. The van der Waals surface area contributed by atoms with E-state index in [2.05, 4.69) is 12.2 Å². The normalized spacial score (nSPS) is 26.4. The highest BCUT2D eigenvalue weighted by Crippen LogP contribution is 2.21. The highest BCUT2D eigenvalue weighted by Gasteiger charge is 2.33. The fraction of sp³-hybridized carbons (Fsp3) is 0.889. The van der Waals surface area contributed by atoms with Crippen LogP contribution in [0, 0.1) is 5.92 Å². The van der Waals surface area contributed by atoms with Crippen molar-refractivity contribution in [3.8, 4) is 0 Å². The van der Waals surface area contributed by atoms with Gasteiger partial charge in [0.05, 0.1) is 5.92 Å². The van der Waals surface area contributed by atoms with Crippen LogP contribution in [0.1, 0.15) is 19.8 Å². The molecule has 0 spiro atoms. The molecule has 1 saturated heterocycles. The minimum atomic E-state index is 0.213. The molecule has 12 heavy (non-hydrogen) atoms. The van der Waals surface area contributed by atoms with Gasteiger partial charge in [-0.25, -0.2) is 0 Å². The minimum absolute atomic E-state index is 0.213. The van der Waals surface area contributed by atoms with Crippen LogP contribution in [0.5, 0.6) is 0 Å². The Morgan fingerprint density at radius 3 is 2.75 bits per heavy atom. The van der Waals surface area contributed by atoms with E-state index in [1.165, 1.54) is 0 Å². The largest absolute Gasteiger partial charge is 0.345 e. The summed E-state index contributed by atoms with van der Waals surface area (Å²) < 4.78 is 0. The molecule has 0 bridgehead atoms. The summed E-state index contributed by atoms with van der Waals surface area (Å²) in [6.07, 6.45) is 2.04. The highest BCUT2D eigenvalue weighted by molar-refractivity contribution is 5.81. The van der Waals surface area contributed by atoms with E-state index in [9.17, 15) is 4.79 Å². The number of likely N-dealkylation sites (tertiary alicyclic amines) is 1. The fourth-order valence-electron chi connectivity index (χ4n) is 1.91. The molecule has 0 aliphatic carbocycles. The first-order valence-electron chi connectivity index (χ1n) is 4.63. The molecule has 1 N–H and O–H groups in total. The van der Waals surface area contributed by atoms with E-state index in [1.54, 1.807) is 0 Å². The van der Waals surface area contributed by atoms with E-state index in [0.29, 0.717) is 11.9 Å². The van der Waals surface area contributed by atoms with E-state index in [4.69, 9.17) is 0 Å². The lowest BCUT2D eigenvalue weighted by Gasteiger charge is -2.19. The van der Waals surface area contributed by atoms with Crippen molar-refractivity contribution in [3.05, 3.63) is 0 Å². The molecular formula is C9H18N2O. The Bertz CT molecular complexity index is 166. The van der Waals surface area contributed by atoms with E-state index < -0.39 is 0 Å². The first kappa shape index (κ1) is 9.52. The van der Waals surface area contributed by atoms with E-state index in [-0.39, 0.29) is 5.92 Å². The zero-order chi connectivity index (χ0) is 9.14. The topological polar surface area (TPSA) is 32.3 Å². The molecule has 2 atom stereocenters. The molecular weight excluding hydrogens is 152 g/mol. The van der Waals surface area contributed by atoms with Gasteiger partial charge in [-0.1, -0.05) is 6.92 Å². The Hall–Kier alpha value is -0.570. The number of carbonyl (C=O) groups is 1. The predicted molar refractivity (Wildman–Crippen MR) is 48.9 cm³/mol. The molecule has 3 heteroatoms. The lowest BCUT2D eigenvalue weighted by atomic mass is 9.96. The highest BCUT2D eigenvalue weighted by atomic mass is 16.2. The average molecular weight is 170 g/mol. The van der Waals surface area contributed by atoms with Crippen molar-refractivity contribution in [1.82, 2.24) is 10.2 Å². The predicted octanol–water partition coefficient (Wildman–Crippen LogP) is 0.463. The summed E-state index contributed by atoms with van der Waals surface area (Å²) in [6.45, 7) is 3.04. The van der Waals surface area contributed by atoms with Crippen molar-refractivity contribution in [2.24, 2.45) is 5.92 Å². The van der Waals surface area contributed by atoms with Gasteiger partial charge in [-0.3, -0.25) is 4.79 Å². The van der Waals surface area contributed by atoms with Gasteiger partial charge in [-0.15, -0.1) is 0 Å². The number of hydrogen-bond acceptors (Lipinski definition) is 2. The summed E-state index contributed by atoms with van der Waals surface area (Å²) in [4.78, 5) is 13.4. The Morgan fingerprint density at radius 2 is 2.42 bits per heavy atom. The van der Waals surface area contributed by atoms with Crippen molar-refractivity contribution in [2.75, 3.05) is 20.6 Å². The Labute approximate surface area is 74.1 Å². The molecule has 0 radical (unpaired) electrons. The number of rotatable bonds is 3. The molecule has 2 unspecified atom stereocenters. The molecule has 0 aromatic rings. The van der Waals surface area contributed by atoms with Crippen LogP contribution in [0.3, 0.4) is 0 Å². The van der Waals surface area contributed by atoms with Crippen molar-refractivity contribution in [3.63, 3.8) is 0 Å². The van der Waals surface area contributed by atoms with Crippen molar-refractivity contribution in [2.45, 2.75) is 25.8 Å². The zero-order valence-electron chi connectivity index (χ0n) is 8.13. The molecule has 1 amide bonds. The van der Waals surface area contributed by atoms with Gasteiger partial charge in [0.15, 0.2) is 0 Å². The Kier molecular flexibility index (Phi) is 3.09. The van der Waals surface area contributed by atoms with Crippen molar-refractivity contribution >= 4 is 5.91 Å². The average Bonchev–Trinajstić information content (AvgIpc) is 2.38. The van der Waals surface area contributed by atoms with Crippen LogP contribution < -0.4 is 5.32 Å². The maximum Gasteiger partial charge on any atom is 0.227 e. The quantitative estimate of drug-likeness (QED) is 0.667. The van der Waals surface area contributed by atoms with Crippen LogP contribution >= 0.6 is 0 Å². The summed E-state index contributed by atoms with van der Waals surface area (Å²) >= 11 is 0. The van der Waals surface area contributed by atoms with Crippen molar-refractivity contribution < 1.29 is 4.79 Å². The van der Waals surface area contributed by atoms with Crippen LogP contribution in [0.15, 0.2) is 0 Å². The molecule has 70 valence electrons. The smallest absolute Gasteiger partial charge is 0.227 e. The van der Waals surface area contributed by atoms with Gasteiger partial charge in [-0.2, -0.15) is 0 Å². The SMILES string of the molecule is CCC(NC)C1CCN(C)C1=O. The number of carbonyl (C=O) groups excluding carboxylic acids is 1. The summed E-state index contributed by atoms with van der Waals surface area (Å²) in [5.74, 6) is 0.515. The van der Waals surface area contributed by atoms with E-state index in [1.807, 2.05) is 19.0 Å². The lowest BCUT2D eigenvalue weighted by Crippen LogP contribution is -2.37. The molecule has 1 aliphatic heterocycles. The first-order valence-corrected chi connectivity index (χ1v) is 4.63. The van der Waals surface area contributed by atoms with E-state index >= 15 is 0 Å². The second kappa shape index (κ2) is 3.90. The third-order valence-corrected chi connectivity index (χ3v) is 2.77. The van der Waals surface area contributed by atoms with Crippen LogP contribution in [0.25, 0.3) is 0 Å². The number of hydrogen-bond donors (Lipinski definition) is 1. The number of nitrogens with zero attached hydrogens (tertiary/aromatic N) is 1. The standard InChI is InChI=1S/C9H18N2O/c1-4-8(10-2)7-5-6-11(3)9(7)12/h7-8,10H,4-6H2,1-3H3. The molecule has 1 heterocycles. The minimum Gasteiger partial charge on any atom is -0.345 e. The third-order valence-electron chi connectivity index (χ3n) is 2.77. The zero-order valence-corrected chi connectivity index (χ0v) is 8.13. The second-order valence-corrected chi connectivity index (χ2v) is 3.46. The summed E-state index contributed by atoms with van der Waals surface area (Å²) in [5, 5.41) is 3.20. The van der Waals surface area contributed by atoms with Crippen LogP contribution in [-0.2, 0) is 4.79 Å². The number of amides is 1. The van der Waals surface area contributed by atoms with Gasteiger partial charge in [0.25, 0.3) is 0 Å². The number of nitrogens with one attached hydrogen (secondary N) is 1. The molecule has 0 saturated carbocycles. The summed E-state index contributed by atoms with van der Waals surface area (Å²) in [7, 11) is 3.81. The molecule has 1 rings (SSSR count). The van der Waals surface area contributed by atoms with Crippen LogP contribution in [0.4, 0.5) is 0 Å². The van der Waals surface area contributed by atoms with E-state index in [0.717, 1.165) is 19.4 Å². The maximum atomic E-state index is 11.6. The van der Waals surface area contributed by atoms with Gasteiger partial charge in [0.1, 0.15) is 0 Å². The molecule has 0 aromatic heterocycles. The maximum absolute atomic E-state index is 11.6. The van der Waals surface area contributed by atoms with Crippen molar-refractivity contribution in [1.29, 1.82) is 0 Å². The Morgan fingerprint density at radius 1 is 1.75 bits per heavy atom. The van der Waals surface area contributed by atoms with Gasteiger partial charge in [-0.05, 0) is 19.9 Å². The fourth-order valence-corrected chi connectivity index (χ4v) is 1.91. The summed E-state index contributed by atoms with van der Waals surface area (Å²) in [5.41, 5.74) is 0. The van der Waals surface area contributed by atoms with Crippen LogP contribution in [-0.4, -0.2) is 37.5 Å². The van der Waals surface area contributed by atoms with Gasteiger partial charge < -0.3 is 10.2 Å². The third kappa shape index (κ3) is 1.61. The first-order chi connectivity index (χ1) is 5.70. The molecule has 1 aliphatic rings. The Balaban J connectivity index is 2.57. The monoisotopic (exact) mass is 170 g/mol. The second-order valence-electron chi connectivity index (χ2n) is 3.46. The van der Waals surface area contributed by atoms with Gasteiger partial charge in [0, 0.05) is 19.6 Å². The van der Waals surface area contributed by atoms with Crippen LogP contribution in [0.2, 0.25) is 0 Å². The van der Waals surface area contributed by atoms with Gasteiger partial charge in [0.2, 0.25) is 5.91 Å². The van der Waals surface area contributed by atoms with Gasteiger partial charge >= 0.3 is 0 Å². The summed E-state index contributed by atoms with van der Waals surface area (Å²) in [6, 6.07) is 0.363. The molecule has 1 fully saturated rings. The molecule has 0 aromatic carbocycles.